The Hall–Kier alpha value is -2.44. The van der Waals surface area contributed by atoms with Gasteiger partial charge in [-0.1, -0.05) is 17.7 Å². The van der Waals surface area contributed by atoms with Crippen molar-refractivity contribution in [3.8, 4) is 0 Å². The van der Waals surface area contributed by atoms with Gasteiger partial charge in [0, 0.05) is 36.9 Å². The summed E-state index contributed by atoms with van der Waals surface area (Å²) in [6.45, 7) is 3.31. The number of piperazine rings is 1. The lowest BCUT2D eigenvalue weighted by Crippen LogP contribution is -2.51. The summed E-state index contributed by atoms with van der Waals surface area (Å²) in [5.74, 6) is -1.62. The normalized spacial score (nSPS) is 17.8. The number of halogens is 2. The highest BCUT2D eigenvalue weighted by Crippen LogP contribution is 2.30. The summed E-state index contributed by atoms with van der Waals surface area (Å²) in [6.07, 6.45) is 0. The molecule has 2 aliphatic heterocycles. The molecule has 0 spiro atoms. The highest BCUT2D eigenvalue weighted by Gasteiger charge is 2.37. The van der Waals surface area contributed by atoms with Crippen LogP contribution in [0, 0.1) is 5.82 Å². The zero-order valence-corrected chi connectivity index (χ0v) is 14.7. The first-order valence-electron chi connectivity index (χ1n) is 8.41. The Morgan fingerprint density at radius 1 is 1.00 bits per heavy atom. The number of Topliss-reactive ketones (excluding diaryl/α,β-unsaturated/α-hetero) is 1. The first-order valence-corrected chi connectivity index (χ1v) is 8.79. The monoisotopic (exact) mass is 373 g/mol. The van der Waals surface area contributed by atoms with Gasteiger partial charge in [-0.15, -0.1) is 0 Å². The third-order valence-corrected chi connectivity index (χ3v) is 5.06. The molecule has 0 radical (unpaired) electrons. The van der Waals surface area contributed by atoms with Crippen LogP contribution < -0.4 is 9.80 Å². The third-order valence-electron chi connectivity index (χ3n) is 4.82. The maximum atomic E-state index is 13.6. The number of benzene rings is 2. The van der Waals surface area contributed by atoms with Gasteiger partial charge in [0.1, 0.15) is 5.82 Å². The Kier molecular flexibility index (Phi) is 4.38. The van der Waals surface area contributed by atoms with Crippen LogP contribution in [0.1, 0.15) is 10.4 Å². The summed E-state index contributed by atoms with van der Waals surface area (Å²) in [7, 11) is 0. The van der Waals surface area contributed by atoms with Crippen LogP contribution in [0.5, 0.6) is 0 Å². The van der Waals surface area contributed by atoms with E-state index in [1.807, 2.05) is 24.3 Å². The minimum Gasteiger partial charge on any atom is -0.369 e. The number of fused-ring (bicyclic) bond motifs is 1. The quantitative estimate of drug-likeness (QED) is 0.776. The van der Waals surface area contributed by atoms with Gasteiger partial charge in [-0.25, -0.2) is 4.39 Å². The molecule has 2 heterocycles. The van der Waals surface area contributed by atoms with Crippen LogP contribution in [0.3, 0.4) is 0 Å². The topological polar surface area (TPSA) is 43.9 Å². The molecule has 0 saturated carbocycles. The summed E-state index contributed by atoms with van der Waals surface area (Å²) >= 11 is 6.05. The molecule has 2 aliphatic rings. The lowest BCUT2D eigenvalue weighted by Gasteiger charge is -2.37. The average molecular weight is 374 g/mol. The summed E-state index contributed by atoms with van der Waals surface area (Å²) < 4.78 is 13.6. The molecule has 0 bridgehead atoms. The van der Waals surface area contributed by atoms with Gasteiger partial charge in [-0.3, -0.25) is 19.4 Å². The fourth-order valence-electron chi connectivity index (χ4n) is 3.43. The molecule has 0 aromatic heterocycles. The van der Waals surface area contributed by atoms with Crippen LogP contribution in [0.4, 0.5) is 15.8 Å². The SMILES string of the molecule is O=C1C(=O)N(CN2CCN(c3cccc(Cl)c3)CC2)c2cc(F)ccc21. The van der Waals surface area contributed by atoms with Gasteiger partial charge in [0.05, 0.1) is 17.9 Å². The van der Waals surface area contributed by atoms with Gasteiger partial charge < -0.3 is 4.90 Å². The zero-order valence-electron chi connectivity index (χ0n) is 14.0. The van der Waals surface area contributed by atoms with Crippen molar-refractivity contribution < 1.29 is 14.0 Å². The molecule has 2 aromatic carbocycles. The van der Waals surface area contributed by atoms with Gasteiger partial charge in [-0.2, -0.15) is 0 Å². The Morgan fingerprint density at radius 3 is 2.50 bits per heavy atom. The van der Waals surface area contributed by atoms with E-state index in [0.717, 1.165) is 31.9 Å². The van der Waals surface area contributed by atoms with E-state index in [2.05, 4.69) is 9.80 Å². The summed E-state index contributed by atoms with van der Waals surface area (Å²) in [6, 6.07) is 11.5. The predicted octanol–water partition coefficient (Wildman–Crippen LogP) is 2.79. The lowest BCUT2D eigenvalue weighted by molar-refractivity contribution is -0.114. The fraction of sp³-hybridized carbons (Fsp3) is 0.263. The number of hydrogen-bond donors (Lipinski definition) is 0. The molecule has 0 unspecified atom stereocenters. The molecular formula is C19H17ClFN3O2. The Labute approximate surface area is 155 Å². The molecule has 0 aliphatic carbocycles. The molecule has 1 amide bonds. The number of amides is 1. The standard InChI is InChI=1S/C19H17ClFN3O2/c20-13-2-1-3-15(10-13)23-8-6-22(7-9-23)12-24-17-11-14(21)4-5-16(17)18(25)19(24)26/h1-5,10-11H,6-9,12H2. The fourth-order valence-corrected chi connectivity index (χ4v) is 3.61. The molecule has 2 aromatic rings. The number of carbonyl (C=O) groups excluding carboxylic acids is 2. The van der Waals surface area contributed by atoms with Crippen LogP contribution in [0.25, 0.3) is 0 Å². The highest BCUT2D eigenvalue weighted by molar-refractivity contribution is 6.52. The largest absolute Gasteiger partial charge is 0.369 e. The summed E-state index contributed by atoms with van der Waals surface area (Å²) in [5.41, 5.74) is 1.70. The van der Waals surface area contributed by atoms with Crippen molar-refractivity contribution in [3.63, 3.8) is 0 Å². The van der Waals surface area contributed by atoms with E-state index >= 15 is 0 Å². The van der Waals surface area contributed by atoms with Crippen molar-refractivity contribution in [2.75, 3.05) is 42.6 Å². The van der Waals surface area contributed by atoms with Crippen LogP contribution in [0.2, 0.25) is 5.02 Å². The van der Waals surface area contributed by atoms with Crippen molar-refractivity contribution in [1.29, 1.82) is 0 Å². The minimum atomic E-state index is -0.595. The van der Waals surface area contributed by atoms with Crippen molar-refractivity contribution in [2.45, 2.75) is 0 Å². The Bertz CT molecular complexity index is 881. The van der Waals surface area contributed by atoms with E-state index in [4.69, 9.17) is 11.6 Å². The van der Waals surface area contributed by atoms with E-state index in [1.165, 1.54) is 23.1 Å². The van der Waals surface area contributed by atoms with Crippen LogP contribution in [-0.4, -0.2) is 49.4 Å². The van der Waals surface area contributed by atoms with Crippen molar-refractivity contribution in [2.24, 2.45) is 0 Å². The van der Waals surface area contributed by atoms with Crippen LogP contribution >= 0.6 is 11.6 Å². The maximum Gasteiger partial charge on any atom is 0.300 e. The molecule has 0 atom stereocenters. The number of rotatable bonds is 3. The number of anilines is 2. The number of nitrogens with zero attached hydrogens (tertiary/aromatic N) is 3. The molecule has 1 fully saturated rings. The molecule has 134 valence electrons. The summed E-state index contributed by atoms with van der Waals surface area (Å²) in [4.78, 5) is 30.0. The lowest BCUT2D eigenvalue weighted by atomic mass is 10.1. The molecular weight excluding hydrogens is 357 g/mol. The molecule has 7 heteroatoms. The highest BCUT2D eigenvalue weighted by atomic mass is 35.5. The van der Waals surface area contributed by atoms with E-state index in [0.29, 0.717) is 10.7 Å². The smallest absolute Gasteiger partial charge is 0.300 e. The van der Waals surface area contributed by atoms with Gasteiger partial charge in [0.25, 0.3) is 5.78 Å². The second-order valence-electron chi connectivity index (χ2n) is 6.45. The van der Waals surface area contributed by atoms with Crippen molar-refractivity contribution in [3.05, 3.63) is 58.9 Å². The molecule has 26 heavy (non-hydrogen) atoms. The van der Waals surface area contributed by atoms with Gasteiger partial charge in [0.15, 0.2) is 0 Å². The van der Waals surface area contributed by atoms with E-state index in [-0.39, 0.29) is 12.2 Å². The van der Waals surface area contributed by atoms with Crippen LogP contribution in [-0.2, 0) is 4.79 Å². The molecule has 1 saturated heterocycles. The first-order chi connectivity index (χ1) is 12.5. The minimum absolute atomic E-state index is 0.272. The predicted molar refractivity (Wildman–Crippen MR) is 98.3 cm³/mol. The maximum absolute atomic E-state index is 13.6. The second kappa shape index (κ2) is 6.70. The van der Waals surface area contributed by atoms with Crippen molar-refractivity contribution in [1.82, 2.24) is 4.90 Å². The molecule has 4 rings (SSSR count). The summed E-state index contributed by atoms with van der Waals surface area (Å²) in [5, 5.41) is 0.699. The number of hydrogen-bond acceptors (Lipinski definition) is 4. The van der Waals surface area contributed by atoms with Crippen molar-refractivity contribution >= 4 is 34.7 Å². The zero-order chi connectivity index (χ0) is 18.3. The Morgan fingerprint density at radius 2 is 1.77 bits per heavy atom. The van der Waals surface area contributed by atoms with E-state index < -0.39 is 17.5 Å². The van der Waals surface area contributed by atoms with Crippen LogP contribution in [0.15, 0.2) is 42.5 Å². The molecule has 0 N–H and O–H groups in total. The van der Waals surface area contributed by atoms with E-state index in [9.17, 15) is 14.0 Å². The van der Waals surface area contributed by atoms with E-state index in [1.54, 1.807) is 0 Å². The number of ketones is 1. The van der Waals surface area contributed by atoms with Gasteiger partial charge in [0.2, 0.25) is 0 Å². The third kappa shape index (κ3) is 3.06. The molecule has 5 nitrogen and oxygen atoms in total. The first kappa shape index (κ1) is 17.0. The Balaban J connectivity index is 1.44. The van der Waals surface area contributed by atoms with Gasteiger partial charge >= 0.3 is 5.91 Å². The average Bonchev–Trinajstić information content (AvgIpc) is 2.87. The van der Waals surface area contributed by atoms with Gasteiger partial charge in [-0.05, 0) is 36.4 Å². The number of carbonyl (C=O) groups is 2. The second-order valence-corrected chi connectivity index (χ2v) is 6.89.